The molecule has 0 saturated heterocycles. The molecule has 5 heteroatoms. The summed E-state index contributed by atoms with van der Waals surface area (Å²) < 4.78 is 15.5. The van der Waals surface area contributed by atoms with E-state index < -0.39 is 5.97 Å². The van der Waals surface area contributed by atoms with Gasteiger partial charge in [-0.05, 0) is 43.3 Å². The van der Waals surface area contributed by atoms with E-state index in [4.69, 9.17) is 25.5 Å². The Bertz CT molecular complexity index is 658. The lowest BCUT2D eigenvalue weighted by atomic mass is 10.2. The summed E-state index contributed by atoms with van der Waals surface area (Å²) in [5, 5.41) is 0.509. The Labute approximate surface area is 127 Å². The number of methoxy groups -OCH3 is 1. The molecule has 0 aliphatic heterocycles. The second-order valence-corrected chi connectivity index (χ2v) is 4.54. The number of carbonyl (C=O) groups is 1. The third kappa shape index (κ3) is 3.89. The fourth-order valence-electron chi connectivity index (χ4n) is 1.76. The van der Waals surface area contributed by atoms with Crippen molar-refractivity contribution in [2.75, 3.05) is 13.7 Å². The first kappa shape index (κ1) is 15.2. The van der Waals surface area contributed by atoms with E-state index >= 15 is 0 Å². The largest absolute Gasteiger partial charge is 0.495 e. The average molecular weight is 307 g/mol. The van der Waals surface area contributed by atoms with E-state index in [1.807, 2.05) is 12.1 Å². The van der Waals surface area contributed by atoms with Gasteiger partial charge in [-0.3, -0.25) is 0 Å². The van der Waals surface area contributed by atoms with E-state index in [2.05, 4.69) is 0 Å². The van der Waals surface area contributed by atoms with E-state index in [0.29, 0.717) is 28.9 Å². The van der Waals surface area contributed by atoms with Gasteiger partial charge in [0.15, 0.2) is 0 Å². The van der Waals surface area contributed by atoms with Gasteiger partial charge in [0.05, 0.1) is 18.7 Å². The highest BCUT2D eigenvalue weighted by Gasteiger charge is 2.07. The van der Waals surface area contributed by atoms with E-state index in [-0.39, 0.29) is 0 Å². The average Bonchev–Trinajstić information content (AvgIpc) is 2.94. The molecule has 0 fully saturated rings. The lowest BCUT2D eigenvalue weighted by molar-refractivity contribution is -0.137. The van der Waals surface area contributed by atoms with Crippen molar-refractivity contribution in [2.24, 2.45) is 0 Å². The minimum Gasteiger partial charge on any atom is -0.495 e. The fraction of sp³-hybridized carbons (Fsp3) is 0.188. The molecule has 110 valence electrons. The molecule has 2 aromatic rings. The van der Waals surface area contributed by atoms with Crippen molar-refractivity contribution in [3.8, 4) is 17.1 Å². The second kappa shape index (κ2) is 6.99. The minimum absolute atomic E-state index is 0.344. The number of esters is 1. The monoisotopic (exact) mass is 306 g/mol. The third-order valence-electron chi connectivity index (χ3n) is 2.73. The zero-order valence-electron chi connectivity index (χ0n) is 11.8. The molecule has 0 spiro atoms. The summed E-state index contributed by atoms with van der Waals surface area (Å²) in [5.74, 6) is 1.42. The van der Waals surface area contributed by atoms with E-state index in [9.17, 15) is 4.79 Å². The lowest BCUT2D eigenvalue weighted by Gasteiger charge is -2.04. The number of hydrogen-bond acceptors (Lipinski definition) is 4. The van der Waals surface area contributed by atoms with Gasteiger partial charge in [0.25, 0.3) is 0 Å². The Morgan fingerprint density at radius 2 is 2.14 bits per heavy atom. The molecule has 1 aromatic carbocycles. The number of ether oxygens (including phenoxy) is 2. The van der Waals surface area contributed by atoms with Gasteiger partial charge in [-0.1, -0.05) is 11.6 Å². The zero-order chi connectivity index (χ0) is 15.2. The Balaban J connectivity index is 2.16. The summed E-state index contributed by atoms with van der Waals surface area (Å²) in [6.07, 6.45) is 2.89. The number of furan rings is 1. The van der Waals surface area contributed by atoms with Crippen molar-refractivity contribution in [3.05, 3.63) is 47.2 Å². The molecule has 1 aromatic heterocycles. The lowest BCUT2D eigenvalue weighted by Crippen LogP contribution is -1.98. The Kier molecular flexibility index (Phi) is 5.06. The Hall–Kier alpha value is -2.20. The number of rotatable bonds is 5. The standard InChI is InChI=1S/C16H15ClO4/c1-3-20-16(18)9-6-12-5-8-14(21-12)11-4-7-15(19-2)13(17)10-11/h4-10H,3H2,1-2H3/b9-6+. The molecule has 0 aliphatic rings. The summed E-state index contributed by atoms with van der Waals surface area (Å²) in [5.41, 5.74) is 0.830. The van der Waals surface area contributed by atoms with Crippen LogP contribution in [0.4, 0.5) is 0 Å². The first-order valence-corrected chi connectivity index (χ1v) is 6.80. The predicted octanol–water partition coefficient (Wildman–Crippen LogP) is 4.18. The van der Waals surface area contributed by atoms with Gasteiger partial charge in [0.1, 0.15) is 17.3 Å². The minimum atomic E-state index is -0.400. The molecule has 0 N–H and O–H groups in total. The van der Waals surface area contributed by atoms with Gasteiger partial charge in [-0.15, -0.1) is 0 Å². The van der Waals surface area contributed by atoms with Crippen LogP contribution in [0.15, 0.2) is 40.8 Å². The zero-order valence-corrected chi connectivity index (χ0v) is 12.5. The number of benzene rings is 1. The first-order valence-electron chi connectivity index (χ1n) is 6.42. The smallest absolute Gasteiger partial charge is 0.330 e. The second-order valence-electron chi connectivity index (χ2n) is 4.14. The summed E-state index contributed by atoms with van der Waals surface area (Å²) in [7, 11) is 1.56. The van der Waals surface area contributed by atoms with Crippen LogP contribution in [0.5, 0.6) is 5.75 Å². The number of hydrogen-bond donors (Lipinski definition) is 0. The van der Waals surface area contributed by atoms with Gasteiger partial charge < -0.3 is 13.9 Å². The predicted molar refractivity (Wildman–Crippen MR) is 81.4 cm³/mol. The highest BCUT2D eigenvalue weighted by Crippen LogP contribution is 2.31. The van der Waals surface area contributed by atoms with Crippen molar-refractivity contribution < 1.29 is 18.7 Å². The quantitative estimate of drug-likeness (QED) is 0.614. The van der Waals surface area contributed by atoms with Gasteiger partial charge >= 0.3 is 5.97 Å². The first-order chi connectivity index (χ1) is 10.1. The van der Waals surface area contributed by atoms with Crippen LogP contribution in [0.3, 0.4) is 0 Å². The molecule has 0 radical (unpaired) electrons. The van der Waals surface area contributed by atoms with E-state index in [1.165, 1.54) is 6.08 Å². The normalized spacial score (nSPS) is 10.8. The van der Waals surface area contributed by atoms with Crippen LogP contribution >= 0.6 is 11.6 Å². The van der Waals surface area contributed by atoms with E-state index in [1.54, 1.807) is 38.3 Å². The molecule has 1 heterocycles. The molecule has 2 rings (SSSR count). The van der Waals surface area contributed by atoms with Crippen molar-refractivity contribution >= 4 is 23.6 Å². The Morgan fingerprint density at radius 1 is 1.33 bits per heavy atom. The van der Waals surface area contributed by atoms with Gasteiger partial charge in [-0.25, -0.2) is 4.79 Å². The molecule has 4 nitrogen and oxygen atoms in total. The molecule has 0 atom stereocenters. The molecule has 21 heavy (non-hydrogen) atoms. The molecule has 0 amide bonds. The SMILES string of the molecule is CCOC(=O)/C=C/c1ccc(-c2ccc(OC)c(Cl)c2)o1. The highest BCUT2D eigenvalue weighted by molar-refractivity contribution is 6.32. The van der Waals surface area contributed by atoms with Gasteiger partial charge in [0.2, 0.25) is 0 Å². The van der Waals surface area contributed by atoms with Crippen molar-refractivity contribution in [1.29, 1.82) is 0 Å². The van der Waals surface area contributed by atoms with Crippen molar-refractivity contribution in [3.63, 3.8) is 0 Å². The molecular weight excluding hydrogens is 292 g/mol. The summed E-state index contributed by atoms with van der Waals surface area (Å²) in [4.78, 5) is 11.2. The Morgan fingerprint density at radius 3 is 2.81 bits per heavy atom. The number of halogens is 1. The van der Waals surface area contributed by atoms with Crippen LogP contribution in [0.2, 0.25) is 5.02 Å². The van der Waals surface area contributed by atoms with Crippen LogP contribution in [0, 0.1) is 0 Å². The van der Waals surface area contributed by atoms with Crippen molar-refractivity contribution in [2.45, 2.75) is 6.92 Å². The van der Waals surface area contributed by atoms with E-state index in [0.717, 1.165) is 5.56 Å². The third-order valence-corrected chi connectivity index (χ3v) is 3.03. The van der Waals surface area contributed by atoms with Gasteiger partial charge in [-0.2, -0.15) is 0 Å². The van der Waals surface area contributed by atoms with Crippen molar-refractivity contribution in [1.82, 2.24) is 0 Å². The van der Waals surface area contributed by atoms with Crippen LogP contribution in [-0.2, 0) is 9.53 Å². The van der Waals surface area contributed by atoms with Gasteiger partial charge in [0, 0.05) is 11.6 Å². The van der Waals surface area contributed by atoms with Crippen LogP contribution in [0.1, 0.15) is 12.7 Å². The maximum Gasteiger partial charge on any atom is 0.330 e. The highest BCUT2D eigenvalue weighted by atomic mass is 35.5. The summed E-state index contributed by atoms with van der Waals surface area (Å²) >= 11 is 6.08. The topological polar surface area (TPSA) is 48.7 Å². The molecule has 0 unspecified atom stereocenters. The van der Waals surface area contributed by atoms with Crippen LogP contribution in [-0.4, -0.2) is 19.7 Å². The maximum absolute atomic E-state index is 11.2. The summed E-state index contributed by atoms with van der Waals surface area (Å²) in [6, 6.07) is 8.96. The number of carbonyl (C=O) groups excluding carboxylic acids is 1. The fourth-order valence-corrected chi connectivity index (χ4v) is 2.02. The van der Waals surface area contributed by atoms with Crippen LogP contribution < -0.4 is 4.74 Å². The molecule has 0 aliphatic carbocycles. The molecular formula is C16H15ClO4. The molecule has 0 bridgehead atoms. The summed E-state index contributed by atoms with van der Waals surface area (Å²) in [6.45, 7) is 2.10. The molecule has 0 saturated carbocycles. The van der Waals surface area contributed by atoms with Crippen LogP contribution in [0.25, 0.3) is 17.4 Å². The maximum atomic E-state index is 11.2.